The van der Waals surface area contributed by atoms with Gasteiger partial charge in [0.15, 0.2) is 0 Å². The highest BCUT2D eigenvalue weighted by Crippen LogP contribution is 2.25. The number of nitrogens with one attached hydrogen (secondary N) is 1. The van der Waals surface area contributed by atoms with Crippen molar-refractivity contribution in [3.05, 3.63) is 67.6 Å². The fraction of sp³-hybridized carbons (Fsp3) is 0.312. The largest absolute Gasteiger partial charge is 0.387 e. The van der Waals surface area contributed by atoms with Crippen LogP contribution in [0.5, 0.6) is 0 Å². The van der Waals surface area contributed by atoms with Gasteiger partial charge in [0.2, 0.25) is 0 Å². The molecular formula is C16H18Cl2N2O2. The molecule has 0 amide bonds. The van der Waals surface area contributed by atoms with Crippen molar-refractivity contribution in [1.29, 1.82) is 0 Å². The number of halogens is 2. The lowest BCUT2D eigenvalue weighted by Crippen LogP contribution is -2.28. The normalized spacial score (nSPS) is 12.4. The minimum atomic E-state index is -0.718. The van der Waals surface area contributed by atoms with Gasteiger partial charge in [0.25, 0.3) is 5.56 Å². The summed E-state index contributed by atoms with van der Waals surface area (Å²) < 4.78 is 1.60. The van der Waals surface area contributed by atoms with Gasteiger partial charge in [-0.1, -0.05) is 35.3 Å². The van der Waals surface area contributed by atoms with Crippen LogP contribution in [-0.4, -0.2) is 16.2 Å². The molecule has 2 aromatic rings. The lowest BCUT2D eigenvalue weighted by molar-refractivity contribution is 0.174. The van der Waals surface area contributed by atoms with E-state index in [0.717, 1.165) is 5.69 Å². The third kappa shape index (κ3) is 3.90. The number of aliphatic hydroxyl groups is 1. The van der Waals surface area contributed by atoms with Crippen molar-refractivity contribution in [2.24, 2.45) is 7.05 Å². The van der Waals surface area contributed by atoms with E-state index in [2.05, 4.69) is 5.32 Å². The maximum atomic E-state index is 12.0. The van der Waals surface area contributed by atoms with E-state index in [-0.39, 0.29) is 5.56 Å². The Kier molecular flexibility index (Phi) is 5.64. The molecule has 0 saturated carbocycles. The molecule has 1 heterocycles. The van der Waals surface area contributed by atoms with E-state index in [0.29, 0.717) is 34.3 Å². The maximum absolute atomic E-state index is 12.0. The number of aliphatic hydroxyl groups excluding tert-OH is 1. The molecular weight excluding hydrogens is 323 g/mol. The Morgan fingerprint density at radius 3 is 2.64 bits per heavy atom. The second kappa shape index (κ2) is 7.29. The fourth-order valence-corrected chi connectivity index (χ4v) is 2.40. The van der Waals surface area contributed by atoms with Crippen molar-refractivity contribution < 1.29 is 5.11 Å². The van der Waals surface area contributed by atoms with Crippen LogP contribution in [0, 0.1) is 6.92 Å². The topological polar surface area (TPSA) is 54.3 Å². The van der Waals surface area contributed by atoms with Gasteiger partial charge in [0.05, 0.1) is 16.1 Å². The Hall–Kier alpha value is -1.33. The molecule has 1 atom stereocenters. The number of hydrogen-bond donors (Lipinski definition) is 2. The molecule has 4 nitrogen and oxygen atoms in total. The van der Waals surface area contributed by atoms with E-state index in [1.54, 1.807) is 35.9 Å². The van der Waals surface area contributed by atoms with Gasteiger partial charge in [-0.15, -0.1) is 0 Å². The third-order valence-electron chi connectivity index (χ3n) is 3.62. The number of hydrogen-bond acceptors (Lipinski definition) is 3. The van der Waals surface area contributed by atoms with Gasteiger partial charge in [-0.3, -0.25) is 4.79 Å². The summed E-state index contributed by atoms with van der Waals surface area (Å²) in [5.74, 6) is 0. The molecule has 0 radical (unpaired) electrons. The molecule has 2 N–H and O–H groups in total. The zero-order chi connectivity index (χ0) is 16.3. The second-order valence-electron chi connectivity index (χ2n) is 5.18. The molecule has 0 unspecified atom stereocenters. The first-order chi connectivity index (χ1) is 10.4. The van der Waals surface area contributed by atoms with E-state index in [4.69, 9.17) is 23.2 Å². The van der Waals surface area contributed by atoms with Crippen molar-refractivity contribution in [3.63, 3.8) is 0 Å². The molecule has 0 aliphatic heterocycles. The van der Waals surface area contributed by atoms with Crippen LogP contribution in [0.25, 0.3) is 0 Å². The summed E-state index contributed by atoms with van der Waals surface area (Å²) in [6.07, 6.45) is -0.718. The van der Waals surface area contributed by atoms with Crippen LogP contribution in [0.2, 0.25) is 10.0 Å². The third-order valence-corrected chi connectivity index (χ3v) is 4.35. The number of rotatable bonds is 5. The Balaban J connectivity index is 1.97. The molecule has 0 spiro atoms. The molecule has 1 aromatic heterocycles. The van der Waals surface area contributed by atoms with E-state index in [1.165, 1.54) is 0 Å². The molecule has 0 fully saturated rings. The lowest BCUT2D eigenvalue weighted by Gasteiger charge is -2.13. The van der Waals surface area contributed by atoms with Gasteiger partial charge < -0.3 is 15.0 Å². The zero-order valence-corrected chi connectivity index (χ0v) is 13.9. The molecule has 22 heavy (non-hydrogen) atoms. The number of benzene rings is 1. The monoisotopic (exact) mass is 340 g/mol. The van der Waals surface area contributed by atoms with Gasteiger partial charge in [-0.25, -0.2) is 0 Å². The second-order valence-corrected chi connectivity index (χ2v) is 6.00. The van der Waals surface area contributed by atoms with Crippen LogP contribution in [0.4, 0.5) is 0 Å². The van der Waals surface area contributed by atoms with E-state index in [9.17, 15) is 9.90 Å². The Morgan fingerprint density at radius 2 is 1.95 bits per heavy atom. The minimum Gasteiger partial charge on any atom is -0.387 e. The average Bonchev–Trinajstić information content (AvgIpc) is 2.50. The van der Waals surface area contributed by atoms with Gasteiger partial charge in [-0.2, -0.15) is 0 Å². The summed E-state index contributed by atoms with van der Waals surface area (Å²) >= 11 is 11.8. The first kappa shape index (κ1) is 17.0. The minimum absolute atomic E-state index is 0.0310. The van der Waals surface area contributed by atoms with Crippen LogP contribution < -0.4 is 10.9 Å². The molecule has 0 bridgehead atoms. The highest BCUT2D eigenvalue weighted by Gasteiger charge is 2.10. The number of pyridine rings is 1. The van der Waals surface area contributed by atoms with Crippen molar-refractivity contribution >= 4 is 23.2 Å². The molecule has 2 rings (SSSR count). The van der Waals surface area contributed by atoms with Gasteiger partial charge in [0, 0.05) is 31.4 Å². The fourth-order valence-electron chi connectivity index (χ4n) is 2.10. The Bertz CT molecular complexity index is 729. The number of aromatic nitrogens is 1. The predicted octanol–water partition coefficient (Wildman–Crippen LogP) is 2.82. The van der Waals surface area contributed by atoms with Crippen LogP contribution in [0.15, 0.2) is 35.1 Å². The van der Waals surface area contributed by atoms with Crippen molar-refractivity contribution in [2.75, 3.05) is 6.54 Å². The van der Waals surface area contributed by atoms with Crippen LogP contribution in [0.1, 0.15) is 22.9 Å². The highest BCUT2D eigenvalue weighted by atomic mass is 35.5. The number of aryl methyl sites for hydroxylation is 1. The first-order valence-corrected chi connectivity index (χ1v) is 7.65. The number of nitrogens with zero attached hydrogens (tertiary/aromatic N) is 1. The molecule has 118 valence electrons. The summed E-state index contributed by atoms with van der Waals surface area (Å²) in [6.45, 7) is 2.59. The average molecular weight is 341 g/mol. The van der Waals surface area contributed by atoms with Gasteiger partial charge >= 0.3 is 0 Å². The molecule has 6 heteroatoms. The molecule has 0 aliphatic rings. The van der Waals surface area contributed by atoms with E-state index in [1.807, 2.05) is 13.0 Å². The van der Waals surface area contributed by atoms with Crippen molar-refractivity contribution in [2.45, 2.75) is 19.6 Å². The maximum Gasteiger partial charge on any atom is 0.254 e. The standard InChI is InChI=1S/C16H18Cl2N2O2/c1-10-3-4-12(16(22)20(10)2)8-19-9-15(21)11-5-6-13(17)14(18)7-11/h3-7,15,19,21H,8-9H2,1-2H3/t15-/m1/s1. The first-order valence-electron chi connectivity index (χ1n) is 6.89. The zero-order valence-electron chi connectivity index (χ0n) is 12.4. The van der Waals surface area contributed by atoms with Crippen LogP contribution in [0.3, 0.4) is 0 Å². The summed E-state index contributed by atoms with van der Waals surface area (Å²) in [6, 6.07) is 8.72. The smallest absolute Gasteiger partial charge is 0.254 e. The highest BCUT2D eigenvalue weighted by molar-refractivity contribution is 6.42. The van der Waals surface area contributed by atoms with Gasteiger partial charge in [-0.05, 0) is 30.7 Å². The summed E-state index contributed by atoms with van der Waals surface area (Å²) in [4.78, 5) is 12.0. The Morgan fingerprint density at radius 1 is 1.23 bits per heavy atom. The summed E-state index contributed by atoms with van der Waals surface area (Å²) in [7, 11) is 1.74. The Labute approximate surface area is 139 Å². The van der Waals surface area contributed by atoms with Crippen molar-refractivity contribution in [3.8, 4) is 0 Å². The summed E-state index contributed by atoms with van der Waals surface area (Å²) in [5, 5.41) is 14.1. The van der Waals surface area contributed by atoms with Crippen LogP contribution in [-0.2, 0) is 13.6 Å². The SMILES string of the molecule is Cc1ccc(CNC[C@@H](O)c2ccc(Cl)c(Cl)c2)c(=O)n1C. The molecule has 0 aliphatic carbocycles. The van der Waals surface area contributed by atoms with E-state index < -0.39 is 6.10 Å². The van der Waals surface area contributed by atoms with Crippen LogP contribution >= 0.6 is 23.2 Å². The van der Waals surface area contributed by atoms with Gasteiger partial charge in [0.1, 0.15) is 0 Å². The lowest BCUT2D eigenvalue weighted by atomic mass is 10.1. The predicted molar refractivity (Wildman–Crippen MR) is 89.5 cm³/mol. The molecule has 1 aromatic carbocycles. The van der Waals surface area contributed by atoms with Crippen molar-refractivity contribution in [1.82, 2.24) is 9.88 Å². The van der Waals surface area contributed by atoms with E-state index >= 15 is 0 Å². The quantitative estimate of drug-likeness (QED) is 0.879. The summed E-state index contributed by atoms with van der Waals surface area (Å²) in [5.41, 5.74) is 2.22. The molecule has 0 saturated heterocycles.